The normalized spacial score (nSPS) is 49.2. The van der Waals surface area contributed by atoms with Crippen molar-refractivity contribution >= 4 is 0 Å². The number of aliphatic hydroxyl groups is 6. The first-order valence-electron chi connectivity index (χ1n) is 11.4. The third-order valence-electron chi connectivity index (χ3n) is 6.71. The quantitative estimate of drug-likeness (QED) is 0.202. The lowest BCUT2D eigenvalue weighted by Crippen LogP contribution is -2.65. The summed E-state index contributed by atoms with van der Waals surface area (Å²) >= 11 is 0. The van der Waals surface area contributed by atoms with Crippen LogP contribution in [-0.2, 0) is 23.7 Å². The van der Waals surface area contributed by atoms with Crippen LogP contribution in [0.25, 0.3) is 0 Å². The van der Waals surface area contributed by atoms with Crippen LogP contribution in [0, 0.1) is 5.92 Å². The molecular weight excluding hydrogens is 428 g/mol. The van der Waals surface area contributed by atoms with Crippen LogP contribution in [-0.4, -0.2) is 117 Å². The molecule has 12 atom stereocenters. The first-order valence-corrected chi connectivity index (χ1v) is 11.4. The minimum Gasteiger partial charge on any atom is -0.394 e. The molecule has 0 radical (unpaired) electrons. The molecule has 0 aromatic carbocycles. The van der Waals surface area contributed by atoms with Crippen molar-refractivity contribution in [3.05, 3.63) is 0 Å². The van der Waals surface area contributed by atoms with Gasteiger partial charge in [0, 0.05) is 6.61 Å². The Morgan fingerprint density at radius 1 is 0.875 bits per heavy atom. The Bertz CT molecular complexity index is 590. The van der Waals surface area contributed by atoms with E-state index in [1.54, 1.807) is 0 Å². The van der Waals surface area contributed by atoms with Crippen LogP contribution in [0.2, 0.25) is 0 Å². The summed E-state index contributed by atoms with van der Waals surface area (Å²) in [7, 11) is 0. The van der Waals surface area contributed by atoms with Gasteiger partial charge >= 0.3 is 0 Å². The highest BCUT2D eigenvalue weighted by Crippen LogP contribution is 2.48. The van der Waals surface area contributed by atoms with E-state index in [-0.39, 0.29) is 5.92 Å². The van der Waals surface area contributed by atoms with E-state index < -0.39 is 80.2 Å². The van der Waals surface area contributed by atoms with Crippen molar-refractivity contribution in [2.24, 2.45) is 5.92 Å². The fraction of sp³-hybridized carbons (Fsp3) is 1.00. The molecule has 3 aliphatic rings. The zero-order valence-electron chi connectivity index (χ0n) is 18.8. The summed E-state index contributed by atoms with van der Waals surface area (Å²) in [6.07, 6.45) is -10.6. The van der Waals surface area contributed by atoms with Crippen LogP contribution in [0.5, 0.6) is 0 Å². The predicted molar refractivity (Wildman–Crippen MR) is 108 cm³/mol. The van der Waals surface area contributed by atoms with E-state index in [1.165, 1.54) is 0 Å². The Hall–Kier alpha value is -0.440. The summed E-state index contributed by atoms with van der Waals surface area (Å²) < 4.78 is 28.3. The van der Waals surface area contributed by atoms with Crippen molar-refractivity contribution in [2.45, 2.75) is 107 Å². The Kier molecular flexibility index (Phi) is 8.89. The van der Waals surface area contributed by atoms with Gasteiger partial charge in [-0.3, -0.25) is 0 Å². The molecule has 2 aliphatic heterocycles. The van der Waals surface area contributed by atoms with Crippen molar-refractivity contribution in [3.63, 3.8) is 0 Å². The van der Waals surface area contributed by atoms with Gasteiger partial charge < -0.3 is 54.3 Å². The molecule has 12 unspecified atom stereocenters. The number of hydrogen-bond acceptors (Lipinski definition) is 11. The zero-order chi connectivity index (χ0) is 23.6. The van der Waals surface area contributed by atoms with Crippen LogP contribution in [0.1, 0.15) is 40.0 Å². The summed E-state index contributed by atoms with van der Waals surface area (Å²) in [5, 5.41) is 61.8. The molecule has 6 N–H and O–H groups in total. The monoisotopic (exact) mass is 466 g/mol. The summed E-state index contributed by atoms with van der Waals surface area (Å²) in [5.74, 6) is 0.272. The molecule has 32 heavy (non-hydrogen) atoms. The van der Waals surface area contributed by atoms with E-state index in [4.69, 9.17) is 23.7 Å². The maximum Gasteiger partial charge on any atom is 0.187 e. The van der Waals surface area contributed by atoms with E-state index in [2.05, 4.69) is 0 Å². The fourth-order valence-electron chi connectivity index (χ4n) is 4.19. The van der Waals surface area contributed by atoms with Crippen LogP contribution in [0.15, 0.2) is 0 Å². The molecule has 0 spiro atoms. The molecule has 0 bridgehead atoms. The largest absolute Gasteiger partial charge is 0.394 e. The van der Waals surface area contributed by atoms with Gasteiger partial charge in [-0.05, 0) is 25.7 Å². The number of rotatable bonds is 10. The number of hydrogen-bond donors (Lipinski definition) is 6. The molecule has 11 heteroatoms. The molecule has 2 heterocycles. The van der Waals surface area contributed by atoms with Crippen molar-refractivity contribution in [1.82, 2.24) is 0 Å². The first-order chi connectivity index (χ1) is 15.2. The summed E-state index contributed by atoms with van der Waals surface area (Å²) in [6, 6.07) is 0. The van der Waals surface area contributed by atoms with Crippen molar-refractivity contribution in [2.75, 3.05) is 19.8 Å². The first kappa shape index (κ1) is 26.2. The standard InChI is InChI=1S/C21H38O11/c1-4-5-6-28-19-15(26)13(24)17(11(8-22)29-19)31-20-16(27)14(25)18(12(9-23)30-20)32-21(3)7-10(21)2/h10-20,22-27H,4-9H2,1-3H3. The van der Waals surface area contributed by atoms with Gasteiger partial charge in [-0.25, -0.2) is 0 Å². The summed E-state index contributed by atoms with van der Waals surface area (Å²) in [5.41, 5.74) is -0.470. The van der Waals surface area contributed by atoms with Gasteiger partial charge in [0.05, 0.1) is 18.8 Å². The lowest BCUT2D eigenvalue weighted by molar-refractivity contribution is -0.363. The van der Waals surface area contributed by atoms with Crippen LogP contribution in [0.3, 0.4) is 0 Å². The van der Waals surface area contributed by atoms with Crippen LogP contribution < -0.4 is 0 Å². The van der Waals surface area contributed by atoms with Gasteiger partial charge in [0.25, 0.3) is 0 Å². The Labute approximate surface area is 187 Å². The fourth-order valence-corrected chi connectivity index (χ4v) is 4.19. The molecule has 1 saturated carbocycles. The number of ether oxygens (including phenoxy) is 5. The molecule has 3 fully saturated rings. The summed E-state index contributed by atoms with van der Waals surface area (Å²) in [4.78, 5) is 0. The molecule has 188 valence electrons. The third kappa shape index (κ3) is 5.44. The maximum atomic E-state index is 10.7. The minimum absolute atomic E-state index is 0.272. The van der Waals surface area contributed by atoms with E-state index in [9.17, 15) is 30.6 Å². The molecular formula is C21H38O11. The molecule has 3 rings (SSSR count). The van der Waals surface area contributed by atoms with Crippen molar-refractivity contribution in [1.29, 1.82) is 0 Å². The van der Waals surface area contributed by atoms with Gasteiger partial charge in [-0.15, -0.1) is 0 Å². The van der Waals surface area contributed by atoms with Gasteiger partial charge in [0.2, 0.25) is 0 Å². The topological polar surface area (TPSA) is 168 Å². The molecule has 1 aliphatic carbocycles. The van der Waals surface area contributed by atoms with Gasteiger partial charge in [-0.2, -0.15) is 0 Å². The minimum atomic E-state index is -1.57. The smallest absolute Gasteiger partial charge is 0.187 e. The lowest BCUT2D eigenvalue weighted by Gasteiger charge is -2.47. The third-order valence-corrected chi connectivity index (χ3v) is 6.71. The highest BCUT2D eigenvalue weighted by Gasteiger charge is 2.56. The van der Waals surface area contributed by atoms with Crippen LogP contribution in [0.4, 0.5) is 0 Å². The van der Waals surface area contributed by atoms with E-state index in [1.807, 2.05) is 20.8 Å². The van der Waals surface area contributed by atoms with E-state index in [0.29, 0.717) is 6.61 Å². The number of unbranched alkanes of at least 4 members (excludes halogenated alkanes) is 1. The van der Waals surface area contributed by atoms with Crippen LogP contribution >= 0.6 is 0 Å². The Morgan fingerprint density at radius 2 is 1.41 bits per heavy atom. The zero-order valence-corrected chi connectivity index (χ0v) is 18.8. The second kappa shape index (κ2) is 10.9. The highest BCUT2D eigenvalue weighted by molar-refractivity contribution is 5.02. The van der Waals surface area contributed by atoms with E-state index >= 15 is 0 Å². The average molecular weight is 467 g/mol. The SMILES string of the molecule is CCCCOC1OC(CO)C(OC2OC(CO)C(OC3(C)CC3C)C(O)C2O)C(O)C1O. The Balaban J connectivity index is 1.66. The Morgan fingerprint density at radius 3 is 1.97 bits per heavy atom. The second-order valence-corrected chi connectivity index (χ2v) is 9.24. The van der Waals surface area contributed by atoms with Crippen molar-refractivity contribution in [3.8, 4) is 0 Å². The summed E-state index contributed by atoms with van der Waals surface area (Å²) in [6.45, 7) is 5.11. The van der Waals surface area contributed by atoms with Crippen molar-refractivity contribution < 1.29 is 54.3 Å². The van der Waals surface area contributed by atoms with E-state index in [0.717, 1.165) is 19.3 Å². The predicted octanol–water partition coefficient (Wildman–Crippen LogP) is -1.75. The highest BCUT2D eigenvalue weighted by atomic mass is 16.7. The molecule has 2 saturated heterocycles. The second-order valence-electron chi connectivity index (χ2n) is 9.24. The average Bonchev–Trinajstić information content (AvgIpc) is 3.37. The van der Waals surface area contributed by atoms with Gasteiger partial charge in [0.15, 0.2) is 12.6 Å². The van der Waals surface area contributed by atoms with Gasteiger partial charge in [0.1, 0.15) is 48.8 Å². The molecule has 0 amide bonds. The molecule has 0 aromatic rings. The molecule has 0 aromatic heterocycles. The maximum absolute atomic E-state index is 10.7. The molecule has 11 nitrogen and oxygen atoms in total. The lowest BCUT2D eigenvalue weighted by atomic mass is 9.96. The van der Waals surface area contributed by atoms with Gasteiger partial charge in [-0.1, -0.05) is 20.3 Å². The number of aliphatic hydroxyl groups excluding tert-OH is 6.